The van der Waals surface area contributed by atoms with Crippen LogP contribution in [0.5, 0.6) is 0 Å². The van der Waals surface area contributed by atoms with Gasteiger partial charge in [-0.2, -0.15) is 0 Å². The Balaban J connectivity index is 1.90. The van der Waals surface area contributed by atoms with Crippen LogP contribution >= 0.6 is 12.2 Å². The summed E-state index contributed by atoms with van der Waals surface area (Å²) in [5, 5.41) is 23.3. The highest BCUT2D eigenvalue weighted by molar-refractivity contribution is 7.80. The number of hydrazine groups is 1. The lowest BCUT2D eigenvalue weighted by Crippen LogP contribution is -2.48. The van der Waals surface area contributed by atoms with Crippen LogP contribution in [0.2, 0.25) is 0 Å². The Labute approximate surface area is 156 Å². The van der Waals surface area contributed by atoms with Crippen LogP contribution in [0.15, 0.2) is 48.5 Å². The second kappa shape index (κ2) is 8.44. The molecule has 0 aliphatic carbocycles. The summed E-state index contributed by atoms with van der Waals surface area (Å²) in [5.74, 6) is -1.35. The molecule has 0 spiro atoms. The third kappa shape index (κ3) is 5.27. The molecule has 3 N–H and O–H groups in total. The van der Waals surface area contributed by atoms with E-state index in [2.05, 4.69) is 16.2 Å². The molecule has 0 atom stereocenters. The smallest absolute Gasteiger partial charge is 0.270 e. The van der Waals surface area contributed by atoms with Crippen LogP contribution < -0.4 is 16.2 Å². The number of carbonyl (C=O) groups is 2. The van der Waals surface area contributed by atoms with Crippen molar-refractivity contribution in [3.05, 3.63) is 79.9 Å². The van der Waals surface area contributed by atoms with Crippen LogP contribution in [0.4, 0.5) is 11.4 Å². The lowest BCUT2D eigenvalue weighted by Gasteiger charge is -2.10. The monoisotopic (exact) mass is 389 g/mol. The molecular weight excluding hydrogens is 378 g/mol. The number of nitrogens with zero attached hydrogens (tertiary/aromatic N) is 2. The van der Waals surface area contributed by atoms with E-state index < -0.39 is 21.7 Å². The first kappa shape index (κ1) is 19.4. The van der Waals surface area contributed by atoms with Gasteiger partial charge in [-0.3, -0.25) is 46.0 Å². The van der Waals surface area contributed by atoms with E-state index in [-0.39, 0.29) is 27.6 Å². The molecule has 0 radical (unpaired) electrons. The van der Waals surface area contributed by atoms with Gasteiger partial charge in [0.2, 0.25) is 0 Å². The lowest BCUT2D eigenvalue weighted by atomic mass is 10.2. The summed E-state index contributed by atoms with van der Waals surface area (Å²) in [7, 11) is 0. The molecule has 0 unspecified atom stereocenters. The molecule has 12 heteroatoms. The molecule has 0 fully saturated rings. The van der Waals surface area contributed by atoms with Gasteiger partial charge in [0.15, 0.2) is 5.11 Å². The second-order valence-corrected chi connectivity index (χ2v) is 5.38. The minimum atomic E-state index is -0.703. The molecule has 0 aliphatic heterocycles. The fourth-order valence-electron chi connectivity index (χ4n) is 1.89. The van der Waals surface area contributed by atoms with Gasteiger partial charge in [-0.15, -0.1) is 0 Å². The molecule has 11 nitrogen and oxygen atoms in total. The van der Waals surface area contributed by atoms with E-state index in [0.29, 0.717) is 0 Å². The second-order valence-electron chi connectivity index (χ2n) is 4.97. The molecule has 138 valence electrons. The van der Waals surface area contributed by atoms with Gasteiger partial charge in [0.05, 0.1) is 9.85 Å². The van der Waals surface area contributed by atoms with Crippen LogP contribution in [0.1, 0.15) is 20.7 Å². The topological polar surface area (TPSA) is 157 Å². The molecule has 0 bridgehead atoms. The van der Waals surface area contributed by atoms with Gasteiger partial charge in [-0.05, 0) is 30.4 Å². The quantitative estimate of drug-likeness (QED) is 0.403. The molecule has 0 saturated carbocycles. The number of rotatable bonds is 4. The number of thiocarbonyl (C=S) groups is 1. The summed E-state index contributed by atoms with van der Waals surface area (Å²) in [6.07, 6.45) is 0. The Morgan fingerprint density at radius 2 is 1.44 bits per heavy atom. The van der Waals surface area contributed by atoms with Gasteiger partial charge in [0.1, 0.15) is 0 Å². The zero-order chi connectivity index (χ0) is 20.0. The van der Waals surface area contributed by atoms with Crippen molar-refractivity contribution in [3.8, 4) is 0 Å². The van der Waals surface area contributed by atoms with E-state index in [1.165, 1.54) is 30.3 Å². The predicted molar refractivity (Wildman–Crippen MR) is 96.9 cm³/mol. The number of nitrogens with one attached hydrogen (secondary N) is 3. The molecule has 0 heterocycles. The lowest BCUT2D eigenvalue weighted by molar-refractivity contribution is -0.385. The number of hydrogen-bond acceptors (Lipinski definition) is 7. The number of amides is 2. The fraction of sp³-hybridized carbons (Fsp3) is 0. The molecule has 0 saturated heterocycles. The van der Waals surface area contributed by atoms with Crippen molar-refractivity contribution in [2.75, 3.05) is 0 Å². The number of hydrogen-bond donors (Lipinski definition) is 3. The molecule has 2 rings (SSSR count). The van der Waals surface area contributed by atoms with E-state index in [9.17, 15) is 29.8 Å². The zero-order valence-corrected chi connectivity index (χ0v) is 14.2. The average molecular weight is 389 g/mol. The van der Waals surface area contributed by atoms with E-state index in [1.54, 1.807) is 0 Å². The Morgan fingerprint density at radius 3 is 2.04 bits per heavy atom. The number of nitro benzene ring substituents is 2. The van der Waals surface area contributed by atoms with Gasteiger partial charge < -0.3 is 0 Å². The SMILES string of the molecule is O=C(NNC(=S)NC(=O)c1ccc([N+](=O)[O-])cc1)c1cccc([N+](=O)[O-])c1. The zero-order valence-electron chi connectivity index (χ0n) is 13.4. The Morgan fingerprint density at radius 1 is 0.815 bits per heavy atom. The number of nitro groups is 2. The molecule has 2 aromatic carbocycles. The van der Waals surface area contributed by atoms with Crippen LogP contribution in [0.3, 0.4) is 0 Å². The highest BCUT2D eigenvalue weighted by atomic mass is 32.1. The molecule has 0 aromatic heterocycles. The van der Waals surface area contributed by atoms with Crippen molar-refractivity contribution in [3.63, 3.8) is 0 Å². The Hall–Kier alpha value is -3.93. The maximum atomic E-state index is 12.0. The van der Waals surface area contributed by atoms with Crippen molar-refractivity contribution in [2.24, 2.45) is 0 Å². The van der Waals surface area contributed by atoms with E-state index in [4.69, 9.17) is 12.2 Å². The predicted octanol–water partition coefficient (Wildman–Crippen LogP) is 1.45. The highest BCUT2D eigenvalue weighted by Crippen LogP contribution is 2.13. The van der Waals surface area contributed by atoms with Crippen LogP contribution in [0.25, 0.3) is 0 Å². The van der Waals surface area contributed by atoms with Gasteiger partial charge in [0, 0.05) is 35.4 Å². The Kier molecular flexibility index (Phi) is 6.06. The number of benzene rings is 2. The number of non-ortho nitro benzene ring substituents is 2. The van der Waals surface area contributed by atoms with Crippen LogP contribution in [-0.2, 0) is 0 Å². The normalized spacial score (nSPS) is 9.78. The molecule has 27 heavy (non-hydrogen) atoms. The third-order valence-corrected chi connectivity index (χ3v) is 3.38. The largest absolute Gasteiger partial charge is 0.298 e. The first-order valence-electron chi connectivity index (χ1n) is 7.18. The minimum Gasteiger partial charge on any atom is -0.298 e. The summed E-state index contributed by atoms with van der Waals surface area (Å²) in [5.41, 5.74) is 4.18. The van der Waals surface area contributed by atoms with E-state index >= 15 is 0 Å². The minimum absolute atomic E-state index is 0.0150. The van der Waals surface area contributed by atoms with Crippen molar-refractivity contribution in [2.45, 2.75) is 0 Å². The molecule has 2 aromatic rings. The maximum Gasteiger partial charge on any atom is 0.270 e. The summed E-state index contributed by atoms with van der Waals surface area (Å²) in [6.45, 7) is 0. The van der Waals surface area contributed by atoms with Crippen molar-refractivity contribution in [1.82, 2.24) is 16.2 Å². The third-order valence-electron chi connectivity index (χ3n) is 3.18. The van der Waals surface area contributed by atoms with Crippen LogP contribution in [-0.4, -0.2) is 26.8 Å². The Bertz CT molecular complexity index is 931. The standard InChI is InChI=1S/C15H11N5O6S/c21-13(9-4-6-11(7-5-9)19(23)24)16-15(27)18-17-14(22)10-2-1-3-12(8-10)20(25)26/h1-8H,(H,17,22)(H2,16,18,21,27). The summed E-state index contributed by atoms with van der Waals surface area (Å²) >= 11 is 4.86. The van der Waals surface area contributed by atoms with Gasteiger partial charge in [-0.25, -0.2) is 0 Å². The summed E-state index contributed by atoms with van der Waals surface area (Å²) in [4.78, 5) is 44.0. The van der Waals surface area contributed by atoms with Gasteiger partial charge >= 0.3 is 0 Å². The molecule has 2 amide bonds. The van der Waals surface area contributed by atoms with Crippen molar-refractivity contribution in [1.29, 1.82) is 0 Å². The summed E-state index contributed by atoms with van der Waals surface area (Å²) < 4.78 is 0. The highest BCUT2D eigenvalue weighted by Gasteiger charge is 2.13. The van der Waals surface area contributed by atoms with Gasteiger partial charge in [0.25, 0.3) is 23.2 Å². The molecular formula is C15H11N5O6S. The van der Waals surface area contributed by atoms with Crippen LogP contribution in [0, 0.1) is 20.2 Å². The summed E-state index contributed by atoms with van der Waals surface area (Å²) in [6, 6.07) is 9.85. The maximum absolute atomic E-state index is 12.0. The van der Waals surface area contributed by atoms with E-state index in [1.807, 2.05) is 0 Å². The van der Waals surface area contributed by atoms with E-state index in [0.717, 1.165) is 18.2 Å². The van der Waals surface area contributed by atoms with Crippen molar-refractivity contribution >= 4 is 40.5 Å². The van der Waals surface area contributed by atoms with Gasteiger partial charge in [-0.1, -0.05) is 6.07 Å². The average Bonchev–Trinajstić information content (AvgIpc) is 2.66. The first-order valence-corrected chi connectivity index (χ1v) is 7.59. The number of carbonyl (C=O) groups excluding carboxylic acids is 2. The van der Waals surface area contributed by atoms with Crippen molar-refractivity contribution < 1.29 is 19.4 Å². The first-order chi connectivity index (χ1) is 12.8. The fourth-order valence-corrected chi connectivity index (χ4v) is 2.03. The molecule has 0 aliphatic rings.